The number of hydrogen-bond donors (Lipinski definition) is 0. The van der Waals surface area contributed by atoms with Crippen LogP contribution in [0.15, 0.2) is 62.2 Å². The van der Waals surface area contributed by atoms with Crippen LogP contribution in [-0.2, 0) is 10.0 Å². The van der Waals surface area contributed by atoms with E-state index in [-0.39, 0.29) is 5.71 Å². The summed E-state index contributed by atoms with van der Waals surface area (Å²) in [4.78, 5) is 0. The quantitative estimate of drug-likeness (QED) is 0.794. The van der Waals surface area contributed by atoms with Crippen LogP contribution in [0.25, 0.3) is 12.2 Å². The molecule has 0 unspecified atom stereocenters. The first-order valence-corrected chi connectivity index (χ1v) is 7.61. The lowest BCUT2D eigenvalue weighted by Gasteiger charge is -1.93. The molecule has 0 N–H and O–H groups in total. The molecule has 0 aliphatic heterocycles. The van der Waals surface area contributed by atoms with Gasteiger partial charge in [0.1, 0.15) is 11.5 Å². The van der Waals surface area contributed by atoms with Gasteiger partial charge in [0.2, 0.25) is 0 Å². The summed E-state index contributed by atoms with van der Waals surface area (Å²) < 4.78 is 36.4. The highest BCUT2D eigenvalue weighted by Crippen LogP contribution is 2.06. The van der Waals surface area contributed by atoms with Crippen molar-refractivity contribution in [1.82, 2.24) is 0 Å². The minimum absolute atomic E-state index is 0.278. The number of rotatable bonds is 5. The number of sulfonamides is 1. The number of furan rings is 2. The van der Waals surface area contributed by atoms with Gasteiger partial charge in [0.05, 0.1) is 24.5 Å². The van der Waals surface area contributed by atoms with Gasteiger partial charge in [-0.15, -0.1) is 0 Å². The average Bonchev–Trinajstić information content (AvgIpc) is 3.04. The minimum atomic E-state index is -3.48. The molecule has 20 heavy (non-hydrogen) atoms. The molecule has 2 heterocycles. The van der Waals surface area contributed by atoms with Gasteiger partial charge in [-0.05, 0) is 48.6 Å². The molecular weight excluding hydrogens is 278 g/mol. The fourth-order valence-electron chi connectivity index (χ4n) is 1.42. The standard InChI is InChI=1S/C14H13NO4S/c1-20(16,17)15-12(6-8-13-4-2-10-18-13)7-9-14-5-3-11-19-14/h2-11H,1H3/b8-6+,9-7+. The summed E-state index contributed by atoms with van der Waals surface area (Å²) in [6.45, 7) is 0. The molecule has 0 radical (unpaired) electrons. The van der Waals surface area contributed by atoms with Gasteiger partial charge in [0.15, 0.2) is 0 Å². The zero-order chi connectivity index (χ0) is 14.4. The van der Waals surface area contributed by atoms with Crippen molar-refractivity contribution in [3.05, 3.63) is 60.5 Å². The van der Waals surface area contributed by atoms with Gasteiger partial charge in [-0.2, -0.15) is 4.40 Å². The molecule has 0 atom stereocenters. The monoisotopic (exact) mass is 291 g/mol. The molecule has 0 aromatic carbocycles. The van der Waals surface area contributed by atoms with Crippen molar-refractivity contribution < 1.29 is 17.3 Å². The molecule has 2 aromatic rings. The molecule has 2 aromatic heterocycles. The van der Waals surface area contributed by atoms with E-state index in [0.717, 1.165) is 6.26 Å². The number of hydrogen-bond acceptors (Lipinski definition) is 4. The van der Waals surface area contributed by atoms with Crippen molar-refractivity contribution in [2.45, 2.75) is 0 Å². The first-order chi connectivity index (χ1) is 9.53. The van der Waals surface area contributed by atoms with Crippen molar-refractivity contribution in [2.75, 3.05) is 6.26 Å². The Balaban J connectivity index is 2.24. The highest BCUT2D eigenvalue weighted by atomic mass is 32.2. The van der Waals surface area contributed by atoms with Crippen LogP contribution in [0.3, 0.4) is 0 Å². The molecule has 0 aliphatic rings. The third kappa shape index (κ3) is 4.74. The van der Waals surface area contributed by atoms with E-state index in [2.05, 4.69) is 4.40 Å². The highest BCUT2D eigenvalue weighted by molar-refractivity contribution is 7.89. The molecule has 0 spiro atoms. The largest absolute Gasteiger partial charge is 0.465 e. The van der Waals surface area contributed by atoms with Gasteiger partial charge < -0.3 is 8.83 Å². The van der Waals surface area contributed by atoms with Crippen molar-refractivity contribution >= 4 is 27.9 Å². The Bertz CT molecular complexity index is 674. The maximum atomic E-state index is 11.3. The number of allylic oxidation sites excluding steroid dienone is 2. The lowest BCUT2D eigenvalue weighted by molar-refractivity contribution is 0.557. The highest BCUT2D eigenvalue weighted by Gasteiger charge is 2.00. The van der Waals surface area contributed by atoms with Crippen molar-refractivity contribution in [1.29, 1.82) is 0 Å². The summed E-state index contributed by atoms with van der Waals surface area (Å²) in [7, 11) is -3.48. The predicted octanol–water partition coefficient (Wildman–Crippen LogP) is 3.00. The molecule has 0 saturated carbocycles. The predicted molar refractivity (Wildman–Crippen MR) is 77.8 cm³/mol. The SMILES string of the molecule is CS(=O)(=O)N=C(/C=C/c1ccco1)/C=C/c1ccco1. The molecule has 5 nitrogen and oxygen atoms in total. The van der Waals surface area contributed by atoms with Gasteiger partial charge in [-0.3, -0.25) is 0 Å². The van der Waals surface area contributed by atoms with E-state index in [4.69, 9.17) is 8.83 Å². The van der Waals surface area contributed by atoms with Crippen molar-refractivity contribution in [2.24, 2.45) is 4.40 Å². The lowest BCUT2D eigenvalue weighted by atomic mass is 10.2. The molecule has 0 aliphatic carbocycles. The van der Waals surface area contributed by atoms with E-state index < -0.39 is 10.0 Å². The second-order valence-electron chi connectivity index (χ2n) is 3.95. The van der Waals surface area contributed by atoms with Gasteiger partial charge in [0, 0.05) is 0 Å². The fourth-order valence-corrected chi connectivity index (χ4v) is 1.92. The zero-order valence-electron chi connectivity index (χ0n) is 10.8. The van der Waals surface area contributed by atoms with E-state index in [0.29, 0.717) is 11.5 Å². The Labute approximate surface area is 117 Å². The van der Waals surface area contributed by atoms with Gasteiger partial charge in [0.25, 0.3) is 10.0 Å². The molecule has 6 heteroatoms. The van der Waals surface area contributed by atoms with Crippen LogP contribution in [0.4, 0.5) is 0 Å². The summed E-state index contributed by atoms with van der Waals surface area (Å²) in [5, 5.41) is 0. The zero-order valence-corrected chi connectivity index (χ0v) is 11.6. The van der Waals surface area contributed by atoms with Crippen LogP contribution in [-0.4, -0.2) is 20.4 Å². The molecule has 0 saturated heterocycles. The van der Waals surface area contributed by atoms with Crippen LogP contribution in [0.2, 0.25) is 0 Å². The average molecular weight is 291 g/mol. The van der Waals surface area contributed by atoms with E-state index in [1.165, 1.54) is 12.5 Å². The maximum absolute atomic E-state index is 11.3. The molecule has 0 bridgehead atoms. The van der Waals surface area contributed by atoms with Crippen LogP contribution >= 0.6 is 0 Å². The van der Waals surface area contributed by atoms with Gasteiger partial charge in [-0.25, -0.2) is 8.42 Å². The molecular formula is C14H13NO4S. The second-order valence-corrected chi connectivity index (χ2v) is 5.60. The van der Waals surface area contributed by atoms with Crippen LogP contribution < -0.4 is 0 Å². The Morgan fingerprint density at radius 1 is 1.05 bits per heavy atom. The van der Waals surface area contributed by atoms with E-state index >= 15 is 0 Å². The van der Waals surface area contributed by atoms with Crippen LogP contribution in [0, 0.1) is 0 Å². The third-order valence-corrected chi connectivity index (χ3v) is 2.74. The lowest BCUT2D eigenvalue weighted by Crippen LogP contribution is -1.96. The Morgan fingerprint density at radius 2 is 1.55 bits per heavy atom. The van der Waals surface area contributed by atoms with E-state index in [1.807, 2.05) is 0 Å². The molecule has 104 valence electrons. The van der Waals surface area contributed by atoms with Crippen molar-refractivity contribution in [3.63, 3.8) is 0 Å². The summed E-state index contributed by atoms with van der Waals surface area (Å²) in [6.07, 6.45) is 10.5. The topological polar surface area (TPSA) is 72.8 Å². The summed E-state index contributed by atoms with van der Waals surface area (Å²) in [5.41, 5.74) is 0.278. The normalized spacial score (nSPS) is 12.2. The van der Waals surface area contributed by atoms with E-state index in [1.54, 1.807) is 48.6 Å². The first-order valence-electron chi connectivity index (χ1n) is 5.76. The van der Waals surface area contributed by atoms with Gasteiger partial charge >= 0.3 is 0 Å². The first kappa shape index (κ1) is 14.1. The summed E-state index contributed by atoms with van der Waals surface area (Å²) in [5.74, 6) is 1.22. The summed E-state index contributed by atoms with van der Waals surface area (Å²) >= 11 is 0. The van der Waals surface area contributed by atoms with E-state index in [9.17, 15) is 8.42 Å². The van der Waals surface area contributed by atoms with Crippen LogP contribution in [0.5, 0.6) is 0 Å². The van der Waals surface area contributed by atoms with Crippen molar-refractivity contribution in [3.8, 4) is 0 Å². The smallest absolute Gasteiger partial charge is 0.250 e. The Morgan fingerprint density at radius 3 is 1.90 bits per heavy atom. The summed E-state index contributed by atoms with van der Waals surface area (Å²) in [6, 6.07) is 6.99. The van der Waals surface area contributed by atoms with Crippen LogP contribution in [0.1, 0.15) is 11.5 Å². The molecule has 2 rings (SSSR count). The Hall–Kier alpha value is -2.34. The number of nitrogens with zero attached hydrogens (tertiary/aromatic N) is 1. The third-order valence-electron chi connectivity index (χ3n) is 2.19. The second kappa shape index (κ2) is 6.21. The minimum Gasteiger partial charge on any atom is -0.465 e. The fraction of sp³-hybridized carbons (Fsp3) is 0.0714. The molecule has 0 amide bonds. The van der Waals surface area contributed by atoms with Gasteiger partial charge in [-0.1, -0.05) is 0 Å². The Kier molecular flexibility index (Phi) is 4.37. The molecule has 0 fully saturated rings. The maximum Gasteiger partial charge on any atom is 0.250 e.